The number of carbonyl (C=O) groups is 2. The molecule has 0 saturated carbocycles. The fourth-order valence-electron chi connectivity index (χ4n) is 1.14. The summed E-state index contributed by atoms with van der Waals surface area (Å²) in [6.07, 6.45) is 0.832. The topological polar surface area (TPSA) is 107 Å². The third kappa shape index (κ3) is 10.0. The summed E-state index contributed by atoms with van der Waals surface area (Å²) in [6, 6.07) is 0. The average molecular weight is 259 g/mol. The molecule has 0 spiro atoms. The second-order valence-corrected chi connectivity index (χ2v) is 5.78. The molecule has 6 heteroatoms. The molecular weight excluding hydrogens is 234 g/mol. The number of primary amides is 1. The number of nitrogens with one attached hydrogen (secondary N) is 1. The summed E-state index contributed by atoms with van der Waals surface area (Å²) in [4.78, 5) is 21.9. The normalized spacial score (nSPS) is 12.3. The minimum absolute atomic E-state index is 0.129. The monoisotopic (exact) mass is 259 g/mol. The summed E-state index contributed by atoms with van der Waals surface area (Å²) in [5.74, 6) is -0.763. The molecule has 0 aliphatic heterocycles. The second kappa shape index (κ2) is 6.70. The van der Waals surface area contributed by atoms with Crippen LogP contribution in [0.4, 0.5) is 0 Å². The molecule has 0 rings (SSSR count). The van der Waals surface area contributed by atoms with E-state index >= 15 is 0 Å². The van der Waals surface area contributed by atoms with Gasteiger partial charge in [0.2, 0.25) is 11.8 Å². The quantitative estimate of drug-likeness (QED) is 0.565. The van der Waals surface area contributed by atoms with E-state index in [1.54, 1.807) is 0 Å². The van der Waals surface area contributed by atoms with Gasteiger partial charge in [-0.2, -0.15) is 0 Å². The predicted octanol–water partition coefficient (Wildman–Crippen LogP) is -0.0994. The molecule has 2 amide bonds. The van der Waals surface area contributed by atoms with Crippen LogP contribution in [0.3, 0.4) is 0 Å². The van der Waals surface area contributed by atoms with E-state index in [9.17, 15) is 9.59 Å². The molecule has 0 aliphatic rings. The first-order chi connectivity index (χ1) is 8.02. The molecule has 0 aromatic rings. The van der Waals surface area contributed by atoms with E-state index < -0.39 is 17.0 Å². The van der Waals surface area contributed by atoms with Crippen LogP contribution >= 0.6 is 0 Å². The molecule has 0 aliphatic carbocycles. The van der Waals surface area contributed by atoms with Gasteiger partial charge in [0.15, 0.2) is 0 Å². The Morgan fingerprint density at radius 2 is 1.78 bits per heavy atom. The van der Waals surface area contributed by atoms with E-state index in [-0.39, 0.29) is 18.9 Å². The molecule has 0 fully saturated rings. The number of amides is 2. The van der Waals surface area contributed by atoms with Crippen LogP contribution in [0.5, 0.6) is 0 Å². The van der Waals surface area contributed by atoms with Crippen LogP contribution in [0.25, 0.3) is 0 Å². The van der Waals surface area contributed by atoms with Gasteiger partial charge >= 0.3 is 0 Å². The van der Waals surface area contributed by atoms with Gasteiger partial charge in [-0.05, 0) is 34.1 Å². The summed E-state index contributed by atoms with van der Waals surface area (Å²) in [6.45, 7) is 7.85. The van der Waals surface area contributed by atoms with E-state index in [0.29, 0.717) is 13.0 Å². The van der Waals surface area contributed by atoms with Gasteiger partial charge in [0, 0.05) is 12.0 Å². The number of hydrogen-bond donors (Lipinski definition) is 3. The molecule has 0 heterocycles. The molecule has 0 saturated heterocycles. The Morgan fingerprint density at radius 3 is 2.22 bits per heavy atom. The van der Waals surface area contributed by atoms with Crippen molar-refractivity contribution in [1.82, 2.24) is 5.32 Å². The molecule has 106 valence electrons. The smallest absolute Gasteiger partial charge is 0.236 e. The van der Waals surface area contributed by atoms with Crippen LogP contribution in [0.1, 0.15) is 40.5 Å². The highest BCUT2D eigenvalue weighted by atomic mass is 16.5. The van der Waals surface area contributed by atoms with E-state index in [1.807, 2.05) is 27.7 Å². The predicted molar refractivity (Wildman–Crippen MR) is 69.7 cm³/mol. The zero-order valence-electron chi connectivity index (χ0n) is 11.7. The lowest BCUT2D eigenvalue weighted by atomic mass is 10.0. The molecule has 18 heavy (non-hydrogen) atoms. The molecule has 0 unspecified atom stereocenters. The zero-order valence-corrected chi connectivity index (χ0v) is 11.7. The van der Waals surface area contributed by atoms with Crippen LogP contribution < -0.4 is 16.8 Å². The van der Waals surface area contributed by atoms with E-state index in [0.717, 1.165) is 0 Å². The van der Waals surface area contributed by atoms with Crippen molar-refractivity contribution < 1.29 is 14.3 Å². The largest absolute Gasteiger partial charge is 0.374 e. The van der Waals surface area contributed by atoms with Gasteiger partial charge in [-0.1, -0.05) is 0 Å². The standard InChI is InChI=1S/C12H25N3O3/c1-11(2,14)8-18-12(3,4)6-5-10(17)15-7-9(13)16/h5-8,14H2,1-4H3,(H2,13,16)(H,15,17). The fraction of sp³-hybridized carbons (Fsp3) is 0.833. The van der Waals surface area contributed by atoms with Crippen LogP contribution in [0.2, 0.25) is 0 Å². The van der Waals surface area contributed by atoms with Crippen LogP contribution in [0, 0.1) is 0 Å². The van der Waals surface area contributed by atoms with Crippen molar-refractivity contribution in [2.24, 2.45) is 11.5 Å². The van der Waals surface area contributed by atoms with E-state index in [1.165, 1.54) is 0 Å². The van der Waals surface area contributed by atoms with Gasteiger partial charge in [-0.25, -0.2) is 0 Å². The minimum atomic E-state index is -0.552. The third-order valence-corrected chi connectivity index (χ3v) is 2.25. The summed E-state index contributed by atoms with van der Waals surface area (Å²) >= 11 is 0. The van der Waals surface area contributed by atoms with Gasteiger partial charge in [0.05, 0.1) is 18.8 Å². The van der Waals surface area contributed by atoms with E-state index in [2.05, 4.69) is 5.32 Å². The van der Waals surface area contributed by atoms with Crippen molar-refractivity contribution in [3.05, 3.63) is 0 Å². The SMILES string of the molecule is CC(C)(N)COC(C)(C)CCC(=O)NCC(N)=O. The Labute approximate surface area is 108 Å². The number of carbonyl (C=O) groups excluding carboxylic acids is 2. The van der Waals surface area contributed by atoms with Crippen molar-refractivity contribution in [3.63, 3.8) is 0 Å². The van der Waals surface area contributed by atoms with Crippen molar-refractivity contribution in [1.29, 1.82) is 0 Å². The van der Waals surface area contributed by atoms with Crippen molar-refractivity contribution in [2.75, 3.05) is 13.2 Å². The molecule has 5 N–H and O–H groups in total. The zero-order chi connectivity index (χ0) is 14.4. The van der Waals surface area contributed by atoms with E-state index in [4.69, 9.17) is 16.2 Å². The van der Waals surface area contributed by atoms with Crippen LogP contribution in [-0.4, -0.2) is 36.1 Å². The highest BCUT2D eigenvalue weighted by Gasteiger charge is 2.23. The summed E-state index contributed by atoms with van der Waals surface area (Å²) in [7, 11) is 0. The van der Waals surface area contributed by atoms with Crippen molar-refractivity contribution >= 4 is 11.8 Å². The molecule has 0 aromatic heterocycles. The van der Waals surface area contributed by atoms with Crippen LogP contribution in [-0.2, 0) is 14.3 Å². The summed E-state index contributed by atoms with van der Waals surface area (Å²) < 4.78 is 5.67. The summed E-state index contributed by atoms with van der Waals surface area (Å²) in [5.41, 5.74) is 9.92. The van der Waals surface area contributed by atoms with Gasteiger partial charge < -0.3 is 21.5 Å². The van der Waals surface area contributed by atoms with Crippen LogP contribution in [0.15, 0.2) is 0 Å². The lowest BCUT2D eigenvalue weighted by molar-refractivity contribution is -0.126. The molecule has 0 radical (unpaired) electrons. The highest BCUT2D eigenvalue weighted by molar-refractivity contribution is 5.83. The molecular formula is C12H25N3O3. The Hall–Kier alpha value is -1.14. The minimum Gasteiger partial charge on any atom is -0.374 e. The molecule has 6 nitrogen and oxygen atoms in total. The lowest BCUT2D eigenvalue weighted by Gasteiger charge is -2.29. The number of hydrogen-bond acceptors (Lipinski definition) is 4. The van der Waals surface area contributed by atoms with Gasteiger partial charge in [0.25, 0.3) is 0 Å². The molecule has 0 atom stereocenters. The maximum absolute atomic E-state index is 11.4. The maximum atomic E-state index is 11.4. The first-order valence-electron chi connectivity index (χ1n) is 6.00. The Kier molecular flexibility index (Phi) is 6.28. The number of ether oxygens (including phenoxy) is 1. The number of nitrogens with two attached hydrogens (primary N) is 2. The molecule has 0 bridgehead atoms. The third-order valence-electron chi connectivity index (χ3n) is 2.25. The van der Waals surface area contributed by atoms with Crippen molar-refractivity contribution in [3.8, 4) is 0 Å². The average Bonchev–Trinajstić information content (AvgIpc) is 2.20. The van der Waals surface area contributed by atoms with Crippen molar-refractivity contribution in [2.45, 2.75) is 51.7 Å². The van der Waals surface area contributed by atoms with Gasteiger partial charge in [-0.3, -0.25) is 9.59 Å². The maximum Gasteiger partial charge on any atom is 0.236 e. The first kappa shape index (κ1) is 16.9. The number of rotatable bonds is 8. The molecule has 0 aromatic carbocycles. The van der Waals surface area contributed by atoms with Gasteiger partial charge in [-0.15, -0.1) is 0 Å². The van der Waals surface area contributed by atoms with Gasteiger partial charge in [0.1, 0.15) is 0 Å². The Bertz CT molecular complexity index is 295. The Morgan fingerprint density at radius 1 is 1.22 bits per heavy atom. The fourth-order valence-corrected chi connectivity index (χ4v) is 1.14. The second-order valence-electron chi connectivity index (χ2n) is 5.78. The lowest BCUT2D eigenvalue weighted by Crippen LogP contribution is -2.41. The summed E-state index contributed by atoms with van der Waals surface area (Å²) in [5, 5.41) is 2.43. The Balaban J connectivity index is 3.95. The first-order valence-corrected chi connectivity index (χ1v) is 6.00. The highest BCUT2D eigenvalue weighted by Crippen LogP contribution is 2.18.